The first-order chi connectivity index (χ1) is 8.67. The highest BCUT2D eigenvalue weighted by Gasteiger charge is 2.21. The van der Waals surface area contributed by atoms with Crippen LogP contribution in [-0.4, -0.2) is 21.4 Å². The summed E-state index contributed by atoms with van der Waals surface area (Å²) >= 11 is 5.85. The highest BCUT2D eigenvalue weighted by molar-refractivity contribution is 6.17. The van der Waals surface area contributed by atoms with Crippen molar-refractivity contribution >= 4 is 28.5 Å². The maximum absolute atomic E-state index is 5.85. The molecule has 0 aliphatic heterocycles. The molecule has 0 saturated heterocycles. The average Bonchev–Trinajstić information content (AvgIpc) is 2.39. The first kappa shape index (κ1) is 13.1. The quantitative estimate of drug-likeness (QED) is 0.833. The van der Waals surface area contributed by atoms with Crippen molar-refractivity contribution in [1.82, 2.24) is 9.97 Å². The Labute approximate surface area is 113 Å². The molecular weight excluding hydrogens is 246 g/mol. The van der Waals surface area contributed by atoms with Crippen LogP contribution >= 0.6 is 11.6 Å². The normalized spacial score (nSPS) is 14.4. The van der Waals surface area contributed by atoms with Crippen molar-refractivity contribution in [3.8, 4) is 0 Å². The van der Waals surface area contributed by atoms with Crippen LogP contribution in [0.2, 0.25) is 0 Å². The van der Waals surface area contributed by atoms with Gasteiger partial charge in [-0.2, -0.15) is 0 Å². The molecule has 1 heterocycles. The number of nitrogens with zero attached hydrogens (tertiary/aromatic N) is 2. The van der Waals surface area contributed by atoms with E-state index in [0.29, 0.717) is 11.8 Å². The Morgan fingerprint density at radius 2 is 2.11 bits per heavy atom. The molecule has 0 spiro atoms. The largest absolute Gasteiger partial charge is 0.349 e. The third-order valence-electron chi connectivity index (χ3n) is 3.33. The molecule has 96 valence electrons. The van der Waals surface area contributed by atoms with Crippen molar-refractivity contribution in [3.63, 3.8) is 0 Å². The number of nitrogens with one attached hydrogen (secondary N) is 1. The summed E-state index contributed by atoms with van der Waals surface area (Å²) in [7, 11) is 0. The van der Waals surface area contributed by atoms with Crippen LogP contribution in [-0.2, 0) is 0 Å². The molecule has 0 radical (unpaired) electrons. The summed E-state index contributed by atoms with van der Waals surface area (Å²) < 4.78 is 0. The number of aromatic nitrogens is 2. The van der Waals surface area contributed by atoms with E-state index in [2.05, 4.69) is 29.1 Å². The molecule has 0 bridgehead atoms. The zero-order valence-electron chi connectivity index (χ0n) is 10.8. The summed E-state index contributed by atoms with van der Waals surface area (Å²) in [5, 5.41) is 4.45. The van der Waals surface area contributed by atoms with E-state index in [1.807, 2.05) is 30.5 Å². The topological polar surface area (TPSA) is 37.8 Å². The molecule has 0 aliphatic rings. The molecule has 1 aromatic carbocycles. The predicted octanol–water partition coefficient (Wildman–Crippen LogP) is 3.84. The molecular formula is C14H18ClN3. The molecule has 1 atom stereocenters. The molecule has 1 unspecified atom stereocenters. The van der Waals surface area contributed by atoms with Gasteiger partial charge in [-0.3, -0.25) is 0 Å². The van der Waals surface area contributed by atoms with Crippen LogP contribution in [0.4, 0.5) is 5.95 Å². The van der Waals surface area contributed by atoms with Gasteiger partial charge in [0.2, 0.25) is 5.95 Å². The van der Waals surface area contributed by atoms with Crippen molar-refractivity contribution in [1.29, 1.82) is 0 Å². The Morgan fingerprint density at radius 3 is 2.83 bits per heavy atom. The Kier molecular flexibility index (Phi) is 4.02. The van der Waals surface area contributed by atoms with E-state index in [-0.39, 0.29) is 5.54 Å². The molecule has 0 fully saturated rings. The van der Waals surface area contributed by atoms with Crippen LogP contribution in [0.3, 0.4) is 0 Å². The van der Waals surface area contributed by atoms with Gasteiger partial charge in [-0.1, -0.05) is 25.1 Å². The van der Waals surface area contributed by atoms with Crippen LogP contribution in [0, 0.1) is 0 Å². The van der Waals surface area contributed by atoms with E-state index in [1.165, 1.54) is 0 Å². The molecule has 4 heteroatoms. The van der Waals surface area contributed by atoms with E-state index in [4.69, 9.17) is 11.6 Å². The Bertz CT molecular complexity index is 529. The predicted molar refractivity (Wildman–Crippen MR) is 77.2 cm³/mol. The van der Waals surface area contributed by atoms with Crippen LogP contribution in [0.15, 0.2) is 30.5 Å². The van der Waals surface area contributed by atoms with Gasteiger partial charge in [-0.05, 0) is 25.8 Å². The summed E-state index contributed by atoms with van der Waals surface area (Å²) in [5.41, 5.74) is 0.906. The zero-order valence-corrected chi connectivity index (χ0v) is 11.5. The van der Waals surface area contributed by atoms with Gasteiger partial charge in [0.25, 0.3) is 0 Å². The first-order valence-corrected chi connectivity index (χ1v) is 6.76. The first-order valence-electron chi connectivity index (χ1n) is 6.23. The number of fused-ring (bicyclic) bond motifs is 1. The third-order valence-corrected chi connectivity index (χ3v) is 3.52. The Hall–Kier alpha value is -1.35. The van der Waals surface area contributed by atoms with Crippen molar-refractivity contribution in [2.75, 3.05) is 11.2 Å². The van der Waals surface area contributed by atoms with E-state index in [9.17, 15) is 0 Å². The maximum atomic E-state index is 5.85. The minimum absolute atomic E-state index is 0.0514. The van der Waals surface area contributed by atoms with Crippen molar-refractivity contribution in [2.24, 2.45) is 0 Å². The fraction of sp³-hybridized carbons (Fsp3) is 0.429. The molecule has 1 N–H and O–H groups in total. The molecule has 2 rings (SSSR count). The van der Waals surface area contributed by atoms with Gasteiger partial charge in [0.05, 0.1) is 5.52 Å². The highest BCUT2D eigenvalue weighted by Crippen LogP contribution is 2.21. The molecule has 0 saturated carbocycles. The van der Waals surface area contributed by atoms with Gasteiger partial charge >= 0.3 is 0 Å². The number of rotatable bonds is 5. The highest BCUT2D eigenvalue weighted by atomic mass is 35.5. The lowest BCUT2D eigenvalue weighted by Gasteiger charge is -2.28. The van der Waals surface area contributed by atoms with Gasteiger partial charge in [0, 0.05) is 23.0 Å². The van der Waals surface area contributed by atoms with Gasteiger partial charge in [-0.25, -0.2) is 9.97 Å². The van der Waals surface area contributed by atoms with Crippen molar-refractivity contribution in [2.45, 2.75) is 32.2 Å². The second-order valence-corrected chi connectivity index (χ2v) is 5.11. The number of alkyl halides is 1. The van der Waals surface area contributed by atoms with Gasteiger partial charge in [0.1, 0.15) is 0 Å². The minimum Gasteiger partial charge on any atom is -0.349 e. The smallest absolute Gasteiger partial charge is 0.223 e. The molecule has 3 nitrogen and oxygen atoms in total. The van der Waals surface area contributed by atoms with E-state index < -0.39 is 0 Å². The average molecular weight is 264 g/mol. The number of hydrogen-bond acceptors (Lipinski definition) is 3. The standard InChI is InChI=1S/C14H18ClN3/c1-3-14(2,8-9-15)18-13-16-10-11-6-4-5-7-12(11)17-13/h4-7,10H,3,8-9H2,1-2H3,(H,16,17,18). The second-order valence-electron chi connectivity index (χ2n) is 4.73. The zero-order chi connectivity index (χ0) is 13.0. The minimum atomic E-state index is -0.0514. The fourth-order valence-electron chi connectivity index (χ4n) is 1.84. The summed E-state index contributed by atoms with van der Waals surface area (Å²) in [6, 6.07) is 7.98. The van der Waals surface area contributed by atoms with E-state index in [1.54, 1.807) is 0 Å². The third kappa shape index (κ3) is 2.91. The van der Waals surface area contributed by atoms with Crippen molar-refractivity contribution < 1.29 is 0 Å². The lowest BCUT2D eigenvalue weighted by molar-refractivity contribution is 0.477. The lowest BCUT2D eigenvalue weighted by atomic mass is 9.96. The number of para-hydroxylation sites is 1. The van der Waals surface area contributed by atoms with Crippen LogP contribution in [0.5, 0.6) is 0 Å². The number of hydrogen-bond donors (Lipinski definition) is 1. The van der Waals surface area contributed by atoms with Crippen LogP contribution < -0.4 is 5.32 Å². The Balaban J connectivity index is 2.26. The molecule has 18 heavy (non-hydrogen) atoms. The molecule has 0 amide bonds. The van der Waals surface area contributed by atoms with Gasteiger partial charge < -0.3 is 5.32 Å². The summed E-state index contributed by atoms with van der Waals surface area (Å²) in [6.07, 6.45) is 3.72. The fourth-order valence-corrected chi connectivity index (χ4v) is 2.26. The molecule has 1 aromatic heterocycles. The van der Waals surface area contributed by atoms with Crippen LogP contribution in [0.25, 0.3) is 10.9 Å². The molecule has 0 aliphatic carbocycles. The summed E-state index contributed by atoms with van der Waals surface area (Å²) in [6.45, 7) is 4.29. The van der Waals surface area contributed by atoms with E-state index in [0.717, 1.165) is 23.7 Å². The summed E-state index contributed by atoms with van der Waals surface area (Å²) in [5.74, 6) is 1.30. The lowest BCUT2D eigenvalue weighted by Crippen LogP contribution is -2.35. The Morgan fingerprint density at radius 1 is 1.33 bits per heavy atom. The van der Waals surface area contributed by atoms with Gasteiger partial charge in [0.15, 0.2) is 0 Å². The number of halogens is 1. The van der Waals surface area contributed by atoms with E-state index >= 15 is 0 Å². The van der Waals surface area contributed by atoms with Crippen molar-refractivity contribution in [3.05, 3.63) is 30.5 Å². The number of benzene rings is 1. The maximum Gasteiger partial charge on any atom is 0.223 e. The van der Waals surface area contributed by atoms with Gasteiger partial charge in [-0.15, -0.1) is 11.6 Å². The summed E-state index contributed by atoms with van der Waals surface area (Å²) in [4.78, 5) is 8.88. The SMILES string of the molecule is CCC(C)(CCCl)Nc1ncc2ccccc2n1. The molecule has 2 aromatic rings. The second kappa shape index (κ2) is 5.53. The van der Waals surface area contributed by atoms with Crippen LogP contribution in [0.1, 0.15) is 26.7 Å². The number of anilines is 1. The monoisotopic (exact) mass is 263 g/mol.